The molecule has 0 aromatic carbocycles. The van der Waals surface area contributed by atoms with Crippen LogP contribution in [0, 0.1) is 20.8 Å². The molecule has 0 saturated heterocycles. The van der Waals surface area contributed by atoms with E-state index >= 15 is 0 Å². The fourth-order valence-corrected chi connectivity index (χ4v) is 4.12. The summed E-state index contributed by atoms with van der Waals surface area (Å²) in [6.45, 7) is 7.86. The number of pyridine rings is 1. The zero-order valence-corrected chi connectivity index (χ0v) is 17.7. The summed E-state index contributed by atoms with van der Waals surface area (Å²) >= 11 is 0. The van der Waals surface area contributed by atoms with E-state index in [0.29, 0.717) is 17.0 Å². The number of fused-ring (bicyclic) bond motifs is 2. The smallest absolute Gasteiger partial charge is 0.258 e. The Balaban J connectivity index is 1.64. The van der Waals surface area contributed by atoms with Gasteiger partial charge < -0.3 is 4.90 Å². The van der Waals surface area contributed by atoms with Gasteiger partial charge in [0.05, 0.1) is 28.8 Å². The first-order valence-corrected chi connectivity index (χ1v) is 10.1. The van der Waals surface area contributed by atoms with Crippen LogP contribution in [0.2, 0.25) is 0 Å². The van der Waals surface area contributed by atoms with Gasteiger partial charge in [0, 0.05) is 25.4 Å². The average Bonchev–Trinajstić information content (AvgIpc) is 3.13. The quantitative estimate of drug-likeness (QED) is 0.517. The van der Waals surface area contributed by atoms with E-state index in [-0.39, 0.29) is 5.56 Å². The largest absolute Gasteiger partial charge is 0.302 e. The summed E-state index contributed by atoms with van der Waals surface area (Å²) in [5.74, 6) is 0. The van der Waals surface area contributed by atoms with E-state index in [2.05, 4.69) is 34.2 Å². The van der Waals surface area contributed by atoms with Crippen molar-refractivity contribution in [3.05, 3.63) is 69.5 Å². The standard InChI is InChI=1S/C23H24N6O/c1-14-9-18(17-5-7-27(4)8-6-17)13-28-22(30)11-19(25-23(14)28)20-10-21-16(3)24-15(2)12-29(21)26-20/h5,9-13H,6-8H2,1-4H3. The first-order valence-electron chi connectivity index (χ1n) is 10.1. The Bertz CT molecular complexity index is 1390. The molecule has 1 aliphatic heterocycles. The lowest BCUT2D eigenvalue weighted by atomic mass is 10.00. The first-order chi connectivity index (χ1) is 14.4. The van der Waals surface area contributed by atoms with Gasteiger partial charge >= 0.3 is 0 Å². The zero-order valence-electron chi connectivity index (χ0n) is 17.7. The lowest BCUT2D eigenvalue weighted by Crippen LogP contribution is -2.24. The van der Waals surface area contributed by atoms with E-state index < -0.39 is 0 Å². The van der Waals surface area contributed by atoms with Crippen molar-refractivity contribution in [2.45, 2.75) is 27.2 Å². The fraction of sp³-hybridized carbons (Fsp3) is 0.304. The highest BCUT2D eigenvalue weighted by Crippen LogP contribution is 2.25. The Kier molecular flexibility index (Phi) is 4.29. The second kappa shape index (κ2) is 6.88. The van der Waals surface area contributed by atoms with Crippen molar-refractivity contribution < 1.29 is 0 Å². The van der Waals surface area contributed by atoms with Crippen LogP contribution in [-0.2, 0) is 0 Å². The van der Waals surface area contributed by atoms with Gasteiger partial charge in [0.1, 0.15) is 11.3 Å². The molecule has 4 aromatic rings. The molecule has 152 valence electrons. The van der Waals surface area contributed by atoms with Crippen molar-refractivity contribution in [3.8, 4) is 11.4 Å². The van der Waals surface area contributed by atoms with Crippen molar-refractivity contribution in [3.63, 3.8) is 0 Å². The topological polar surface area (TPSA) is 67.8 Å². The van der Waals surface area contributed by atoms with Crippen LogP contribution in [0.15, 0.2) is 41.5 Å². The lowest BCUT2D eigenvalue weighted by Gasteiger charge is -2.22. The molecule has 0 aliphatic carbocycles. The molecule has 0 amide bonds. The molecule has 5 rings (SSSR count). The molecule has 30 heavy (non-hydrogen) atoms. The van der Waals surface area contributed by atoms with Crippen LogP contribution in [0.1, 0.15) is 28.9 Å². The third-order valence-electron chi connectivity index (χ3n) is 5.75. The highest BCUT2D eigenvalue weighted by atomic mass is 16.1. The summed E-state index contributed by atoms with van der Waals surface area (Å²) in [5.41, 5.74) is 7.88. The molecule has 0 bridgehead atoms. The Labute approximate surface area is 174 Å². The molecule has 0 radical (unpaired) electrons. The van der Waals surface area contributed by atoms with Crippen LogP contribution >= 0.6 is 0 Å². The number of likely N-dealkylation sites (N-methyl/N-ethyl adjacent to an activating group) is 1. The minimum atomic E-state index is -0.100. The minimum Gasteiger partial charge on any atom is -0.302 e. The van der Waals surface area contributed by atoms with Gasteiger partial charge in [-0.05, 0) is 63.1 Å². The minimum absolute atomic E-state index is 0.100. The lowest BCUT2D eigenvalue weighted by molar-refractivity contribution is 0.370. The number of hydrogen-bond donors (Lipinski definition) is 0. The summed E-state index contributed by atoms with van der Waals surface area (Å²) in [4.78, 5) is 24.6. The molecule has 1 aliphatic rings. The fourth-order valence-electron chi connectivity index (χ4n) is 4.12. The summed E-state index contributed by atoms with van der Waals surface area (Å²) in [6, 6.07) is 5.63. The molecule has 0 unspecified atom stereocenters. The number of aryl methyl sites for hydroxylation is 3. The van der Waals surface area contributed by atoms with Gasteiger partial charge in [0.25, 0.3) is 5.56 Å². The highest BCUT2D eigenvalue weighted by Gasteiger charge is 2.15. The highest BCUT2D eigenvalue weighted by molar-refractivity contribution is 5.70. The number of aromatic nitrogens is 5. The molecule has 0 atom stereocenters. The maximum atomic E-state index is 13.0. The van der Waals surface area contributed by atoms with Gasteiger partial charge in [0.2, 0.25) is 0 Å². The van der Waals surface area contributed by atoms with E-state index in [1.165, 1.54) is 5.57 Å². The van der Waals surface area contributed by atoms with Gasteiger partial charge in [-0.1, -0.05) is 6.08 Å². The molecule has 7 nitrogen and oxygen atoms in total. The monoisotopic (exact) mass is 400 g/mol. The second-order valence-electron chi connectivity index (χ2n) is 8.15. The average molecular weight is 400 g/mol. The van der Waals surface area contributed by atoms with Crippen LogP contribution < -0.4 is 5.56 Å². The summed E-state index contributed by atoms with van der Waals surface area (Å²) in [7, 11) is 2.12. The van der Waals surface area contributed by atoms with Crippen molar-refractivity contribution in [2.75, 3.05) is 20.1 Å². The van der Waals surface area contributed by atoms with Crippen LogP contribution in [0.3, 0.4) is 0 Å². The summed E-state index contributed by atoms with van der Waals surface area (Å²) in [5, 5.41) is 4.63. The number of hydrogen-bond acceptors (Lipinski definition) is 5. The SMILES string of the molecule is Cc1cn2nc(-c3cc(=O)n4cc(C5=CCN(C)CC5)cc(C)c4n3)cc2c(C)n1. The van der Waals surface area contributed by atoms with Gasteiger partial charge in [-0.3, -0.25) is 14.2 Å². The Morgan fingerprint density at radius 2 is 1.83 bits per heavy atom. The van der Waals surface area contributed by atoms with E-state index in [0.717, 1.165) is 47.5 Å². The predicted octanol–water partition coefficient (Wildman–Crippen LogP) is 3.05. The molecular weight excluding hydrogens is 376 g/mol. The van der Waals surface area contributed by atoms with Gasteiger partial charge in [-0.25, -0.2) is 9.50 Å². The molecular formula is C23H24N6O. The maximum Gasteiger partial charge on any atom is 0.258 e. The van der Waals surface area contributed by atoms with Crippen LogP contribution in [0.5, 0.6) is 0 Å². The van der Waals surface area contributed by atoms with Crippen LogP contribution in [-0.4, -0.2) is 49.0 Å². The van der Waals surface area contributed by atoms with Gasteiger partial charge in [-0.2, -0.15) is 5.10 Å². The molecule has 0 spiro atoms. The van der Waals surface area contributed by atoms with Crippen LogP contribution in [0.4, 0.5) is 0 Å². The number of nitrogens with zero attached hydrogens (tertiary/aromatic N) is 6. The van der Waals surface area contributed by atoms with Crippen molar-refractivity contribution >= 4 is 16.7 Å². The zero-order chi connectivity index (χ0) is 21.0. The third kappa shape index (κ3) is 3.11. The van der Waals surface area contributed by atoms with E-state index in [1.54, 1.807) is 15.0 Å². The Morgan fingerprint density at radius 3 is 2.60 bits per heavy atom. The Hall–Kier alpha value is -3.32. The predicted molar refractivity (Wildman–Crippen MR) is 118 cm³/mol. The molecule has 5 heterocycles. The van der Waals surface area contributed by atoms with Crippen molar-refractivity contribution in [1.29, 1.82) is 0 Å². The van der Waals surface area contributed by atoms with Gasteiger partial charge in [-0.15, -0.1) is 0 Å². The summed E-state index contributed by atoms with van der Waals surface area (Å²) in [6.07, 6.45) is 7.02. The maximum absolute atomic E-state index is 13.0. The molecule has 7 heteroatoms. The second-order valence-corrected chi connectivity index (χ2v) is 8.15. The summed E-state index contributed by atoms with van der Waals surface area (Å²) < 4.78 is 3.46. The van der Waals surface area contributed by atoms with Gasteiger partial charge in [0.15, 0.2) is 0 Å². The molecule has 0 fully saturated rings. The first kappa shape index (κ1) is 18.7. The van der Waals surface area contributed by atoms with E-state index in [4.69, 9.17) is 4.98 Å². The molecule has 0 saturated carbocycles. The third-order valence-corrected chi connectivity index (χ3v) is 5.75. The van der Waals surface area contributed by atoms with E-state index in [1.807, 2.05) is 39.2 Å². The van der Waals surface area contributed by atoms with Crippen LogP contribution in [0.25, 0.3) is 28.1 Å². The van der Waals surface area contributed by atoms with Crippen molar-refractivity contribution in [1.82, 2.24) is 28.9 Å². The van der Waals surface area contributed by atoms with Crippen molar-refractivity contribution in [2.24, 2.45) is 0 Å². The molecule has 4 aromatic heterocycles. The number of rotatable bonds is 2. The van der Waals surface area contributed by atoms with E-state index in [9.17, 15) is 4.79 Å². The normalized spacial score (nSPS) is 15.1. The Morgan fingerprint density at radius 1 is 1.00 bits per heavy atom. The molecule has 0 N–H and O–H groups in total.